The van der Waals surface area contributed by atoms with Gasteiger partial charge in [-0.05, 0) is 68.0 Å². The van der Waals surface area contributed by atoms with Crippen LogP contribution >= 0.6 is 12.2 Å². The van der Waals surface area contributed by atoms with Crippen LogP contribution in [0, 0.1) is 0 Å². The van der Waals surface area contributed by atoms with Gasteiger partial charge in [-0.1, -0.05) is 68.2 Å². The van der Waals surface area contributed by atoms with E-state index in [4.69, 9.17) is 22.7 Å². The minimum Gasteiger partial charge on any atom is -0.483 e. The van der Waals surface area contributed by atoms with E-state index in [2.05, 4.69) is 20.5 Å². The number of imide groups is 2. The summed E-state index contributed by atoms with van der Waals surface area (Å²) in [5, 5.41) is 9.01. The summed E-state index contributed by atoms with van der Waals surface area (Å²) in [7, 11) is 0. The summed E-state index contributed by atoms with van der Waals surface area (Å²) >= 11 is 5.20. The molecule has 1 aliphatic carbocycles. The fraction of sp³-hybridized carbons (Fsp3) is 0.413. The third kappa shape index (κ3) is 10.3. The van der Waals surface area contributed by atoms with Gasteiger partial charge in [-0.15, -0.1) is 0 Å². The number of nitrogens with one attached hydrogen (secondary N) is 3. The Labute approximate surface area is 363 Å². The molecule has 0 bridgehead atoms. The number of carbonyl (C=O) groups is 6. The molecule has 4 aromatic rings. The Hall–Kier alpha value is -6.03. The van der Waals surface area contributed by atoms with Crippen molar-refractivity contribution >= 4 is 69.2 Å². The highest BCUT2D eigenvalue weighted by molar-refractivity contribution is 7.80. The number of fused-ring (bicyclic) bond motifs is 2. The van der Waals surface area contributed by atoms with E-state index in [1.165, 1.54) is 12.1 Å². The average Bonchev–Trinajstić information content (AvgIpc) is 3.68. The van der Waals surface area contributed by atoms with Gasteiger partial charge >= 0.3 is 0 Å². The van der Waals surface area contributed by atoms with Crippen LogP contribution in [0.25, 0.3) is 22.0 Å². The number of ether oxygens (including phenoxy) is 1. The molecular weight excluding hydrogens is 819 g/mol. The molecule has 3 aliphatic rings. The predicted octanol–water partition coefficient (Wildman–Crippen LogP) is 7.35. The molecule has 2 aliphatic heterocycles. The summed E-state index contributed by atoms with van der Waals surface area (Å²) in [5.41, 5.74) is 10.2. The number of unbranched alkanes of at least 4 members (excludes halogenated alkanes) is 5. The van der Waals surface area contributed by atoms with Gasteiger partial charge < -0.3 is 25.7 Å². The summed E-state index contributed by atoms with van der Waals surface area (Å²) in [6, 6.07) is 17.1. The van der Waals surface area contributed by atoms with Crippen LogP contribution in [0.5, 0.6) is 5.75 Å². The fourth-order valence-electron chi connectivity index (χ4n) is 8.59. The van der Waals surface area contributed by atoms with Crippen LogP contribution in [0.1, 0.15) is 122 Å². The summed E-state index contributed by atoms with van der Waals surface area (Å²) in [6.45, 7) is 0.0744. The summed E-state index contributed by atoms with van der Waals surface area (Å²) in [4.78, 5) is 77.2. The van der Waals surface area contributed by atoms with Crippen LogP contribution in [-0.2, 0) is 19.2 Å². The number of hydrogen-bond donors (Lipinski definition) is 4. The lowest BCUT2D eigenvalue weighted by Crippen LogP contribution is -2.41. The monoisotopic (exact) mass is 868 g/mol. The van der Waals surface area contributed by atoms with Crippen molar-refractivity contribution in [3.8, 4) is 16.9 Å². The van der Waals surface area contributed by atoms with Crippen LogP contribution in [0.2, 0.25) is 0 Å². The van der Waals surface area contributed by atoms with Crippen LogP contribution in [0.4, 0.5) is 14.5 Å². The van der Waals surface area contributed by atoms with Crippen molar-refractivity contribution < 1.29 is 42.3 Å². The Bertz CT molecular complexity index is 2410. The molecule has 3 heterocycles. The van der Waals surface area contributed by atoms with Gasteiger partial charge in [0.15, 0.2) is 6.61 Å². The van der Waals surface area contributed by atoms with E-state index < -0.39 is 35.6 Å². The molecule has 16 heteroatoms. The molecule has 3 aromatic carbocycles. The van der Waals surface area contributed by atoms with Crippen LogP contribution in [-0.4, -0.2) is 75.0 Å². The number of anilines is 1. The van der Waals surface area contributed by atoms with E-state index in [0.29, 0.717) is 37.9 Å². The van der Waals surface area contributed by atoms with Gasteiger partial charge in [0.05, 0.1) is 16.6 Å². The number of hydrogen-bond acceptors (Lipinski definition) is 8. The van der Waals surface area contributed by atoms with Gasteiger partial charge in [-0.2, -0.15) is 0 Å². The minimum absolute atomic E-state index is 0.00655. The van der Waals surface area contributed by atoms with E-state index in [0.717, 1.165) is 64.6 Å². The van der Waals surface area contributed by atoms with E-state index >= 15 is 0 Å². The van der Waals surface area contributed by atoms with E-state index in [9.17, 15) is 37.5 Å². The molecule has 1 saturated heterocycles. The number of aromatic nitrogens is 1. The Morgan fingerprint density at radius 1 is 0.839 bits per heavy atom. The van der Waals surface area contributed by atoms with Crippen molar-refractivity contribution in [3.05, 3.63) is 83.6 Å². The predicted molar refractivity (Wildman–Crippen MR) is 233 cm³/mol. The first-order valence-corrected chi connectivity index (χ1v) is 21.6. The first kappa shape index (κ1) is 44.0. The second-order valence-corrected chi connectivity index (χ2v) is 16.7. The largest absolute Gasteiger partial charge is 0.483 e. The first-order valence-electron chi connectivity index (χ1n) is 21.2. The smallest absolute Gasteiger partial charge is 0.265 e. The molecule has 1 atom stereocenters. The van der Waals surface area contributed by atoms with Gasteiger partial charge in [0.1, 0.15) is 10.7 Å². The average molecular weight is 869 g/mol. The van der Waals surface area contributed by atoms with Crippen molar-refractivity contribution in [2.45, 2.75) is 108 Å². The second-order valence-electron chi connectivity index (χ2n) is 16.3. The normalized spacial score (nSPS) is 17.7. The highest BCUT2D eigenvalue weighted by Gasteiger charge is 2.43. The molecule has 0 spiro atoms. The van der Waals surface area contributed by atoms with Crippen molar-refractivity contribution in [3.63, 3.8) is 0 Å². The van der Waals surface area contributed by atoms with E-state index in [1.54, 1.807) is 6.07 Å². The number of nitrogens with zero attached hydrogens (tertiary/aromatic N) is 2. The first-order chi connectivity index (χ1) is 29.8. The Balaban J connectivity index is 0.823. The maximum Gasteiger partial charge on any atom is 0.265 e. The number of halogens is 2. The maximum atomic E-state index is 14.1. The second kappa shape index (κ2) is 19.3. The zero-order valence-electron chi connectivity index (χ0n) is 34.3. The van der Waals surface area contributed by atoms with Crippen LogP contribution < -0.4 is 26.4 Å². The zero-order chi connectivity index (χ0) is 44.0. The third-order valence-corrected chi connectivity index (χ3v) is 12.1. The lowest BCUT2D eigenvalue weighted by Gasteiger charge is -2.29. The molecular formula is C46H50F2N6O7S. The molecule has 62 heavy (non-hydrogen) atoms. The molecule has 0 radical (unpaired) electrons. The summed E-state index contributed by atoms with van der Waals surface area (Å²) < 4.78 is 36.0. The highest BCUT2D eigenvalue weighted by Crippen LogP contribution is 2.42. The molecule has 2 fully saturated rings. The van der Waals surface area contributed by atoms with Crippen molar-refractivity contribution in [1.82, 2.24) is 20.1 Å². The molecule has 5 N–H and O–H groups in total. The van der Waals surface area contributed by atoms with Gasteiger partial charge in [0.2, 0.25) is 23.6 Å². The molecule has 1 aromatic heterocycles. The molecule has 6 amide bonds. The van der Waals surface area contributed by atoms with Gasteiger partial charge in [0.25, 0.3) is 17.7 Å². The maximum absolute atomic E-state index is 14.1. The highest BCUT2D eigenvalue weighted by atomic mass is 32.1. The quantitative estimate of drug-likeness (QED) is 0.0479. The Morgan fingerprint density at radius 2 is 1.58 bits per heavy atom. The van der Waals surface area contributed by atoms with Gasteiger partial charge in [0, 0.05) is 79.1 Å². The molecule has 7 rings (SSSR count). The van der Waals surface area contributed by atoms with Gasteiger partial charge in [-0.3, -0.25) is 39.0 Å². The molecule has 1 saturated carbocycles. The molecule has 13 nitrogen and oxygen atoms in total. The number of rotatable bonds is 17. The number of thiocarbonyl (C=S) groups is 1. The fourth-order valence-corrected chi connectivity index (χ4v) is 8.72. The molecule has 326 valence electrons. The Morgan fingerprint density at radius 3 is 2.35 bits per heavy atom. The minimum atomic E-state index is -2.66. The number of nitrogens with two attached hydrogens (primary N) is 1. The number of carbonyl (C=O) groups excluding carboxylic acids is 6. The number of amides is 6. The standard InChI is InChI=1S/C46H50F2N6O7S/c47-46(48)20-18-31(19-21-46)53-26-35(28-9-7-10-29(23-28)43(49)62)33-16-14-30(24-36(33)53)51-38(55)13-5-3-1-2-4-6-22-50-41(58)27-61-37-12-8-11-34-42(37)45(60)54(44(34)59)32-15-17-39(56)52-40(57)25-32/h7-12,14,16,23-24,26,31-32H,1-6,13,15,17-22,25,27H2,(H2,49,62)(H,50,58)(H,51,55)(H,52,56,57). The van der Waals surface area contributed by atoms with Crippen molar-refractivity contribution in [2.75, 3.05) is 18.5 Å². The van der Waals surface area contributed by atoms with E-state index in [-0.39, 0.29) is 78.4 Å². The number of benzene rings is 3. The zero-order valence-corrected chi connectivity index (χ0v) is 35.1. The SMILES string of the molecule is NC(=S)c1cccc(-c2cn(C3CCC(F)(F)CC3)c3cc(NC(=O)CCCCCCCCNC(=O)COc4cccc5c4C(=O)N(C4CCC(=O)NC(=O)C4)C5=O)ccc23)c1. The number of alkyl halides is 2. The lowest BCUT2D eigenvalue weighted by molar-refractivity contribution is -0.129. The van der Waals surface area contributed by atoms with Crippen LogP contribution in [0.15, 0.2) is 66.9 Å². The Kier molecular flexibility index (Phi) is 13.7. The van der Waals surface area contributed by atoms with Gasteiger partial charge in [-0.25, -0.2) is 8.78 Å². The lowest BCUT2D eigenvalue weighted by atomic mass is 9.92. The molecule has 1 unspecified atom stereocenters. The topological polar surface area (TPSA) is 182 Å². The summed E-state index contributed by atoms with van der Waals surface area (Å²) in [6.07, 6.45) is 7.78. The van der Waals surface area contributed by atoms with Crippen molar-refractivity contribution in [1.29, 1.82) is 0 Å². The third-order valence-electron chi connectivity index (χ3n) is 11.8. The van der Waals surface area contributed by atoms with E-state index in [1.807, 2.05) is 48.7 Å². The summed E-state index contributed by atoms with van der Waals surface area (Å²) in [5.74, 6) is -5.25. The van der Waals surface area contributed by atoms with Crippen molar-refractivity contribution in [2.24, 2.45) is 5.73 Å². The van der Waals surface area contributed by atoms with Crippen LogP contribution in [0.3, 0.4) is 0 Å².